The van der Waals surface area contributed by atoms with Gasteiger partial charge < -0.3 is 9.05 Å². The maximum atomic E-state index is 6.57. The van der Waals surface area contributed by atoms with Gasteiger partial charge in [-0.15, -0.1) is 0 Å². The molecule has 0 aromatic heterocycles. The Bertz CT molecular complexity index is 252. The van der Waals surface area contributed by atoms with E-state index in [2.05, 4.69) is 46.2 Å². The van der Waals surface area contributed by atoms with Gasteiger partial charge in [0.05, 0.1) is 11.2 Å². The van der Waals surface area contributed by atoms with Gasteiger partial charge in [0, 0.05) is 13.1 Å². The predicted molar refractivity (Wildman–Crippen MR) is 87.9 cm³/mol. The molecule has 1 aliphatic heterocycles. The topological polar surface area (TPSA) is 21.7 Å². The van der Waals surface area contributed by atoms with E-state index < -0.39 is 8.53 Å². The van der Waals surface area contributed by atoms with Crippen LogP contribution in [0, 0.1) is 0 Å². The molecule has 0 amide bonds. The summed E-state index contributed by atoms with van der Waals surface area (Å²) in [6, 6.07) is 0. The van der Waals surface area contributed by atoms with E-state index in [1.807, 2.05) is 0 Å². The molecule has 0 aromatic rings. The van der Waals surface area contributed by atoms with E-state index in [1.165, 1.54) is 0 Å². The molecule has 0 aromatic carbocycles. The minimum atomic E-state index is -0.928. The maximum Gasteiger partial charge on any atom is 0.259 e. The van der Waals surface area contributed by atoms with Crippen LogP contribution in [0.25, 0.3) is 0 Å². The van der Waals surface area contributed by atoms with Crippen LogP contribution < -0.4 is 0 Å². The molecule has 0 N–H and O–H groups in total. The molecular weight excluding hydrogens is 269 g/mol. The monoisotopic (exact) mass is 303 g/mol. The third kappa shape index (κ3) is 3.94. The minimum absolute atomic E-state index is 0.0143. The molecule has 20 heavy (non-hydrogen) atoms. The fourth-order valence-corrected chi connectivity index (χ4v) is 5.02. The number of hydrogen-bond acceptors (Lipinski definition) is 3. The van der Waals surface area contributed by atoms with Crippen LogP contribution in [-0.4, -0.2) is 29.0 Å². The normalized spacial score (nSPS) is 22.9. The molecule has 0 aliphatic carbocycles. The van der Waals surface area contributed by atoms with E-state index in [4.69, 9.17) is 9.05 Å². The van der Waals surface area contributed by atoms with Gasteiger partial charge in [-0.2, -0.15) is 0 Å². The average molecular weight is 303 g/mol. The average Bonchev–Trinajstić information content (AvgIpc) is 2.67. The van der Waals surface area contributed by atoms with E-state index in [9.17, 15) is 0 Å². The van der Waals surface area contributed by atoms with Gasteiger partial charge in [0.1, 0.15) is 0 Å². The van der Waals surface area contributed by atoms with Crippen LogP contribution in [0.5, 0.6) is 0 Å². The molecule has 1 heterocycles. The Balaban J connectivity index is 3.04. The van der Waals surface area contributed by atoms with Crippen molar-refractivity contribution in [2.75, 3.05) is 13.1 Å². The molecule has 0 bridgehead atoms. The summed E-state index contributed by atoms with van der Waals surface area (Å²) in [6.07, 6.45) is 6.57. The van der Waals surface area contributed by atoms with Crippen molar-refractivity contribution in [1.82, 2.24) is 4.67 Å². The quantitative estimate of drug-likeness (QED) is 0.580. The summed E-state index contributed by atoms with van der Waals surface area (Å²) >= 11 is 0. The largest absolute Gasteiger partial charge is 0.315 e. The molecule has 0 atom stereocenters. The molecular formula is C16H34NO2P. The highest BCUT2D eigenvalue weighted by atomic mass is 31.2. The summed E-state index contributed by atoms with van der Waals surface area (Å²) in [6.45, 7) is 15.4. The molecule has 4 heteroatoms. The summed E-state index contributed by atoms with van der Waals surface area (Å²) in [5.41, 5.74) is 0.0285. The van der Waals surface area contributed by atoms with Gasteiger partial charge in [-0.3, -0.25) is 0 Å². The van der Waals surface area contributed by atoms with Crippen LogP contribution in [0.4, 0.5) is 0 Å². The summed E-state index contributed by atoms with van der Waals surface area (Å²) < 4.78 is 15.5. The summed E-state index contributed by atoms with van der Waals surface area (Å²) in [4.78, 5) is 0. The maximum absolute atomic E-state index is 6.57. The zero-order valence-electron chi connectivity index (χ0n) is 14.4. The van der Waals surface area contributed by atoms with Gasteiger partial charge in [-0.1, -0.05) is 41.5 Å². The Morgan fingerprint density at radius 1 is 0.750 bits per heavy atom. The van der Waals surface area contributed by atoms with Crippen LogP contribution in [0.1, 0.15) is 80.1 Å². The van der Waals surface area contributed by atoms with Crippen LogP contribution >= 0.6 is 8.53 Å². The Hall–Kier alpha value is 0.310. The van der Waals surface area contributed by atoms with Gasteiger partial charge in [-0.05, 0) is 38.5 Å². The van der Waals surface area contributed by atoms with Crippen LogP contribution in [0.15, 0.2) is 0 Å². The highest BCUT2D eigenvalue weighted by Gasteiger charge is 2.44. The second kappa shape index (κ2) is 8.08. The van der Waals surface area contributed by atoms with Crippen molar-refractivity contribution in [3.05, 3.63) is 0 Å². The lowest BCUT2D eigenvalue weighted by Gasteiger charge is -2.37. The first kappa shape index (κ1) is 18.4. The molecule has 1 rings (SSSR count). The van der Waals surface area contributed by atoms with Gasteiger partial charge in [0.15, 0.2) is 0 Å². The van der Waals surface area contributed by atoms with Crippen molar-refractivity contribution in [3.63, 3.8) is 0 Å². The predicted octanol–water partition coefficient (Wildman–Crippen LogP) is 5.50. The Kier molecular flexibility index (Phi) is 7.41. The molecule has 0 radical (unpaired) electrons. The summed E-state index contributed by atoms with van der Waals surface area (Å²) in [5.74, 6) is 0. The lowest BCUT2D eigenvalue weighted by molar-refractivity contribution is 0.0422. The second-order valence-corrected chi connectivity index (χ2v) is 7.25. The van der Waals surface area contributed by atoms with E-state index in [1.54, 1.807) is 0 Å². The summed E-state index contributed by atoms with van der Waals surface area (Å²) in [7, 11) is -0.928. The fraction of sp³-hybridized carbons (Fsp3) is 1.00. The van der Waals surface area contributed by atoms with Crippen molar-refractivity contribution in [1.29, 1.82) is 0 Å². The summed E-state index contributed by atoms with van der Waals surface area (Å²) in [5, 5.41) is 0. The van der Waals surface area contributed by atoms with E-state index in [-0.39, 0.29) is 11.2 Å². The minimum Gasteiger partial charge on any atom is -0.315 e. The SMILES string of the molecule is CCN(CC)P1OC(CC)(CC)CCC(CC)(CC)O1. The van der Waals surface area contributed by atoms with Gasteiger partial charge in [0.25, 0.3) is 8.53 Å². The van der Waals surface area contributed by atoms with Crippen molar-refractivity contribution >= 4 is 8.53 Å². The number of hydrogen-bond donors (Lipinski definition) is 0. The molecule has 0 unspecified atom stereocenters. The lowest BCUT2D eigenvalue weighted by atomic mass is 9.84. The van der Waals surface area contributed by atoms with Gasteiger partial charge in [0.2, 0.25) is 0 Å². The van der Waals surface area contributed by atoms with Crippen LogP contribution in [-0.2, 0) is 9.05 Å². The van der Waals surface area contributed by atoms with Gasteiger partial charge >= 0.3 is 0 Å². The molecule has 0 spiro atoms. The standard InChI is InChI=1S/C16H34NO2P/c1-7-15(8-2)13-14-16(9-3,10-4)19-20(18-15)17(11-5)12-6/h7-14H2,1-6H3. The molecule has 0 saturated carbocycles. The fourth-order valence-electron chi connectivity index (χ4n) is 2.93. The highest BCUT2D eigenvalue weighted by molar-refractivity contribution is 7.44. The van der Waals surface area contributed by atoms with Crippen LogP contribution in [0.3, 0.4) is 0 Å². The Morgan fingerprint density at radius 2 is 1.10 bits per heavy atom. The highest BCUT2D eigenvalue weighted by Crippen LogP contribution is 2.56. The van der Waals surface area contributed by atoms with E-state index in [0.29, 0.717) is 0 Å². The van der Waals surface area contributed by atoms with Gasteiger partial charge in [-0.25, -0.2) is 4.67 Å². The second-order valence-electron chi connectivity index (χ2n) is 5.84. The lowest BCUT2D eigenvalue weighted by Crippen LogP contribution is -2.31. The molecule has 1 fully saturated rings. The third-order valence-electron chi connectivity index (χ3n) is 5.12. The number of rotatable bonds is 7. The van der Waals surface area contributed by atoms with Crippen molar-refractivity contribution in [2.45, 2.75) is 91.3 Å². The molecule has 1 aliphatic rings. The number of nitrogens with zero attached hydrogens (tertiary/aromatic N) is 1. The first-order valence-electron chi connectivity index (χ1n) is 8.47. The Morgan fingerprint density at radius 3 is 1.35 bits per heavy atom. The van der Waals surface area contributed by atoms with Crippen molar-refractivity contribution in [3.8, 4) is 0 Å². The van der Waals surface area contributed by atoms with Crippen molar-refractivity contribution < 1.29 is 9.05 Å². The molecule has 1 saturated heterocycles. The zero-order valence-corrected chi connectivity index (χ0v) is 15.3. The van der Waals surface area contributed by atoms with Crippen LogP contribution in [0.2, 0.25) is 0 Å². The third-order valence-corrected chi connectivity index (χ3v) is 7.23. The Labute approximate surface area is 127 Å². The zero-order chi connectivity index (χ0) is 15.2. The first-order valence-corrected chi connectivity index (χ1v) is 9.60. The van der Waals surface area contributed by atoms with Crippen molar-refractivity contribution in [2.24, 2.45) is 0 Å². The molecule has 3 nitrogen and oxygen atoms in total. The first-order chi connectivity index (χ1) is 9.54. The molecule has 120 valence electrons. The van der Waals surface area contributed by atoms with E-state index >= 15 is 0 Å². The smallest absolute Gasteiger partial charge is 0.259 e. The van der Waals surface area contributed by atoms with E-state index in [0.717, 1.165) is 51.6 Å².